The van der Waals surface area contributed by atoms with Crippen LogP contribution in [0.4, 0.5) is 0 Å². The number of hydrogen-bond acceptors (Lipinski definition) is 3. The first-order chi connectivity index (χ1) is 9.75. The Morgan fingerprint density at radius 1 is 1.30 bits per heavy atom. The SMILES string of the molecule is CC(C)NCCc1ccccc1COCC1CCOC1. The van der Waals surface area contributed by atoms with Gasteiger partial charge in [0.2, 0.25) is 0 Å². The molecule has 0 aliphatic carbocycles. The van der Waals surface area contributed by atoms with Gasteiger partial charge in [0.05, 0.1) is 19.8 Å². The van der Waals surface area contributed by atoms with Crippen molar-refractivity contribution < 1.29 is 9.47 Å². The van der Waals surface area contributed by atoms with Crippen molar-refractivity contribution >= 4 is 0 Å². The van der Waals surface area contributed by atoms with Gasteiger partial charge in [0.1, 0.15) is 0 Å². The van der Waals surface area contributed by atoms with Crippen LogP contribution in [-0.4, -0.2) is 32.4 Å². The van der Waals surface area contributed by atoms with Gasteiger partial charge in [0.25, 0.3) is 0 Å². The molecule has 1 aliphatic heterocycles. The van der Waals surface area contributed by atoms with E-state index in [-0.39, 0.29) is 0 Å². The van der Waals surface area contributed by atoms with Crippen molar-refractivity contribution in [3.8, 4) is 0 Å². The maximum atomic E-state index is 5.87. The number of benzene rings is 1. The van der Waals surface area contributed by atoms with Gasteiger partial charge in [-0.15, -0.1) is 0 Å². The Balaban J connectivity index is 1.77. The first-order valence-corrected chi connectivity index (χ1v) is 7.71. The molecule has 1 aromatic rings. The van der Waals surface area contributed by atoms with Crippen LogP contribution in [0, 0.1) is 5.92 Å². The van der Waals surface area contributed by atoms with E-state index >= 15 is 0 Å². The molecular weight excluding hydrogens is 250 g/mol. The quantitative estimate of drug-likeness (QED) is 0.792. The van der Waals surface area contributed by atoms with E-state index < -0.39 is 0 Å². The Kier molecular flexibility index (Phi) is 6.51. The maximum absolute atomic E-state index is 5.87. The first-order valence-electron chi connectivity index (χ1n) is 7.71. The van der Waals surface area contributed by atoms with Crippen molar-refractivity contribution in [2.75, 3.05) is 26.4 Å². The maximum Gasteiger partial charge on any atom is 0.0719 e. The zero-order chi connectivity index (χ0) is 14.2. The van der Waals surface area contributed by atoms with Crippen LogP contribution in [-0.2, 0) is 22.5 Å². The topological polar surface area (TPSA) is 30.5 Å². The Labute approximate surface area is 122 Å². The van der Waals surface area contributed by atoms with Crippen LogP contribution in [0.15, 0.2) is 24.3 Å². The molecule has 1 unspecified atom stereocenters. The number of hydrogen-bond donors (Lipinski definition) is 1. The Hall–Kier alpha value is -0.900. The summed E-state index contributed by atoms with van der Waals surface area (Å²) >= 11 is 0. The van der Waals surface area contributed by atoms with E-state index in [0.717, 1.165) is 39.2 Å². The zero-order valence-corrected chi connectivity index (χ0v) is 12.7. The predicted octanol–water partition coefficient (Wildman–Crippen LogP) is 2.78. The minimum Gasteiger partial charge on any atom is -0.381 e. The summed E-state index contributed by atoms with van der Waals surface area (Å²) in [5, 5.41) is 3.46. The molecule has 1 N–H and O–H groups in total. The molecule has 0 spiro atoms. The summed E-state index contributed by atoms with van der Waals surface area (Å²) in [7, 11) is 0. The molecule has 1 atom stereocenters. The van der Waals surface area contributed by atoms with Crippen LogP contribution in [0.25, 0.3) is 0 Å². The predicted molar refractivity (Wildman–Crippen MR) is 81.9 cm³/mol. The van der Waals surface area contributed by atoms with Crippen LogP contribution in [0.2, 0.25) is 0 Å². The van der Waals surface area contributed by atoms with E-state index in [0.29, 0.717) is 18.6 Å². The lowest BCUT2D eigenvalue weighted by molar-refractivity contribution is 0.0787. The molecule has 0 amide bonds. The third kappa shape index (κ3) is 5.23. The molecule has 0 bridgehead atoms. The second-order valence-corrected chi connectivity index (χ2v) is 5.87. The molecule has 3 nitrogen and oxygen atoms in total. The molecule has 2 rings (SSSR count). The van der Waals surface area contributed by atoms with Crippen molar-refractivity contribution in [1.82, 2.24) is 5.32 Å². The highest BCUT2D eigenvalue weighted by atomic mass is 16.5. The van der Waals surface area contributed by atoms with E-state index in [2.05, 4.69) is 43.4 Å². The van der Waals surface area contributed by atoms with Crippen LogP contribution < -0.4 is 5.32 Å². The van der Waals surface area contributed by atoms with Gasteiger partial charge in [-0.2, -0.15) is 0 Å². The van der Waals surface area contributed by atoms with Crippen LogP contribution in [0.1, 0.15) is 31.4 Å². The van der Waals surface area contributed by atoms with Gasteiger partial charge in [0, 0.05) is 18.6 Å². The minimum absolute atomic E-state index is 0.542. The second-order valence-electron chi connectivity index (χ2n) is 5.87. The third-order valence-electron chi connectivity index (χ3n) is 3.70. The molecule has 0 aromatic heterocycles. The lowest BCUT2D eigenvalue weighted by Crippen LogP contribution is -2.25. The highest BCUT2D eigenvalue weighted by Crippen LogP contribution is 2.15. The lowest BCUT2D eigenvalue weighted by atomic mass is 10.0. The summed E-state index contributed by atoms with van der Waals surface area (Å²) in [5.41, 5.74) is 2.71. The van der Waals surface area contributed by atoms with E-state index in [1.807, 2.05) is 0 Å². The first kappa shape index (κ1) is 15.5. The lowest BCUT2D eigenvalue weighted by Gasteiger charge is -2.13. The molecule has 1 fully saturated rings. The summed E-state index contributed by atoms with van der Waals surface area (Å²) in [6.07, 6.45) is 2.20. The molecular formula is C17H27NO2. The average Bonchev–Trinajstić information content (AvgIpc) is 2.93. The van der Waals surface area contributed by atoms with Crippen molar-refractivity contribution in [2.24, 2.45) is 5.92 Å². The van der Waals surface area contributed by atoms with Gasteiger partial charge in [-0.1, -0.05) is 38.1 Å². The highest BCUT2D eigenvalue weighted by molar-refractivity contribution is 5.26. The fourth-order valence-electron chi connectivity index (χ4n) is 2.49. The summed E-state index contributed by atoms with van der Waals surface area (Å²) in [6, 6.07) is 9.13. The molecule has 3 heteroatoms. The van der Waals surface area contributed by atoms with E-state index in [9.17, 15) is 0 Å². The van der Waals surface area contributed by atoms with Gasteiger partial charge < -0.3 is 14.8 Å². The summed E-state index contributed by atoms with van der Waals surface area (Å²) in [4.78, 5) is 0. The van der Waals surface area contributed by atoms with Crippen molar-refractivity contribution in [1.29, 1.82) is 0 Å². The molecule has 112 valence electrons. The van der Waals surface area contributed by atoms with Gasteiger partial charge in [-0.05, 0) is 30.5 Å². The molecule has 1 heterocycles. The molecule has 0 radical (unpaired) electrons. The molecule has 1 aliphatic rings. The largest absolute Gasteiger partial charge is 0.381 e. The Morgan fingerprint density at radius 3 is 2.80 bits per heavy atom. The van der Waals surface area contributed by atoms with E-state index in [1.165, 1.54) is 11.1 Å². The van der Waals surface area contributed by atoms with Crippen LogP contribution in [0.5, 0.6) is 0 Å². The van der Waals surface area contributed by atoms with Crippen LogP contribution in [0.3, 0.4) is 0 Å². The molecule has 20 heavy (non-hydrogen) atoms. The Morgan fingerprint density at radius 2 is 2.10 bits per heavy atom. The van der Waals surface area contributed by atoms with E-state index in [4.69, 9.17) is 9.47 Å². The third-order valence-corrected chi connectivity index (χ3v) is 3.70. The van der Waals surface area contributed by atoms with Crippen molar-refractivity contribution in [2.45, 2.75) is 39.3 Å². The molecule has 0 saturated carbocycles. The second kappa shape index (κ2) is 8.40. The van der Waals surface area contributed by atoms with Gasteiger partial charge in [-0.25, -0.2) is 0 Å². The summed E-state index contributed by atoms with van der Waals surface area (Å²) in [5.74, 6) is 0.588. The summed E-state index contributed by atoms with van der Waals surface area (Å²) < 4.78 is 11.2. The van der Waals surface area contributed by atoms with Crippen LogP contribution >= 0.6 is 0 Å². The fourth-order valence-corrected chi connectivity index (χ4v) is 2.49. The smallest absolute Gasteiger partial charge is 0.0719 e. The zero-order valence-electron chi connectivity index (χ0n) is 12.7. The van der Waals surface area contributed by atoms with Crippen molar-refractivity contribution in [3.63, 3.8) is 0 Å². The minimum atomic E-state index is 0.542. The standard InChI is InChI=1S/C17H27NO2/c1-14(2)18-9-7-16-5-3-4-6-17(16)13-20-12-15-8-10-19-11-15/h3-6,14-15,18H,7-13H2,1-2H3. The summed E-state index contributed by atoms with van der Waals surface area (Å²) in [6.45, 7) is 8.67. The van der Waals surface area contributed by atoms with Gasteiger partial charge >= 0.3 is 0 Å². The molecule has 1 saturated heterocycles. The number of rotatable bonds is 8. The average molecular weight is 277 g/mol. The fraction of sp³-hybridized carbons (Fsp3) is 0.647. The molecule has 1 aromatic carbocycles. The van der Waals surface area contributed by atoms with Crippen molar-refractivity contribution in [3.05, 3.63) is 35.4 Å². The highest BCUT2D eigenvalue weighted by Gasteiger charge is 2.15. The number of ether oxygens (including phenoxy) is 2. The van der Waals surface area contributed by atoms with Gasteiger partial charge in [-0.3, -0.25) is 0 Å². The Bertz CT molecular complexity index is 386. The monoisotopic (exact) mass is 277 g/mol. The number of nitrogens with one attached hydrogen (secondary N) is 1. The van der Waals surface area contributed by atoms with E-state index in [1.54, 1.807) is 0 Å². The normalized spacial score (nSPS) is 18.9. The van der Waals surface area contributed by atoms with Gasteiger partial charge in [0.15, 0.2) is 0 Å².